The van der Waals surface area contributed by atoms with Crippen molar-refractivity contribution in [1.29, 1.82) is 0 Å². The standard InChI is InChI=1S/C16H22F5N.4C4H9.Al/c1-4-6-7-10(5-2)8-9-22(3)16-14(20)12(18)11(17)13(19)15(16)21;4*1-3-4-2;/h10H,4-9H2,1-3H3;4*1,3-4H2,2H3;/q;;;;;-1/p+1. The van der Waals surface area contributed by atoms with Crippen molar-refractivity contribution in [3.8, 4) is 0 Å². The van der Waals surface area contributed by atoms with Gasteiger partial charge in [-0.3, -0.25) is 4.90 Å². The quantitative estimate of drug-likeness (QED) is 0.0678. The van der Waals surface area contributed by atoms with E-state index in [1.165, 1.54) is 58.4 Å². The number of benzene rings is 1. The minimum atomic E-state index is -2.11. The fourth-order valence-electron chi connectivity index (χ4n) is 5.99. The van der Waals surface area contributed by atoms with Gasteiger partial charge in [-0.25, -0.2) is 13.2 Å². The van der Waals surface area contributed by atoms with Crippen molar-refractivity contribution in [1.82, 2.24) is 0 Å². The van der Waals surface area contributed by atoms with Gasteiger partial charge in [0, 0.05) is 0 Å². The number of hydrogen-bond acceptors (Lipinski definition) is 0. The molecule has 0 heterocycles. The third kappa shape index (κ3) is 13.7. The molecule has 0 aliphatic rings. The van der Waals surface area contributed by atoms with E-state index in [1.807, 2.05) is 6.92 Å². The molecule has 0 radical (unpaired) electrons. The van der Waals surface area contributed by atoms with Crippen LogP contribution in [0.15, 0.2) is 0 Å². The van der Waals surface area contributed by atoms with E-state index in [0.29, 0.717) is 18.9 Å². The molecule has 0 saturated carbocycles. The second-order valence-electron chi connectivity index (χ2n) is 12.0. The first kappa shape index (κ1) is 38.4. The zero-order valence-electron chi connectivity index (χ0n) is 26.3. The highest BCUT2D eigenvalue weighted by Crippen LogP contribution is 2.33. The molecule has 2 unspecified atom stereocenters. The summed E-state index contributed by atoms with van der Waals surface area (Å²) in [6.07, 6.45) is 16.5. The fourth-order valence-corrected chi connectivity index (χ4v) is 12.8. The van der Waals surface area contributed by atoms with E-state index in [4.69, 9.17) is 0 Å². The van der Waals surface area contributed by atoms with Gasteiger partial charge >= 0.3 is 0 Å². The molecule has 0 amide bonds. The first-order valence-electron chi connectivity index (χ1n) is 16.1. The Morgan fingerprint density at radius 2 is 0.897 bits per heavy atom. The Kier molecular flexibility index (Phi) is 21.7. The van der Waals surface area contributed by atoms with E-state index >= 15 is 0 Å². The summed E-state index contributed by atoms with van der Waals surface area (Å²) in [7, 11) is 1.42. The summed E-state index contributed by atoms with van der Waals surface area (Å²) in [6.45, 7) is 13.9. The molecule has 1 N–H and O–H groups in total. The van der Waals surface area contributed by atoms with E-state index in [-0.39, 0.29) is 4.90 Å². The van der Waals surface area contributed by atoms with Crippen LogP contribution in [0.25, 0.3) is 0 Å². The summed E-state index contributed by atoms with van der Waals surface area (Å²) < 4.78 is 66.9. The van der Waals surface area contributed by atoms with E-state index < -0.39 is 47.9 Å². The molecule has 0 saturated heterocycles. The Bertz CT molecular complexity index is 707. The van der Waals surface area contributed by atoms with Crippen LogP contribution in [0, 0.1) is 35.0 Å². The molecule has 0 fully saturated rings. The SMILES string of the molecule is CCCCC(CC)CC[NH+](C)c1c(F)c(F)c(F)c(F)c1F.CCC[CH2][Al-]([CH2]CCC)([CH2]CCC)[CH2]CCC. The van der Waals surface area contributed by atoms with Gasteiger partial charge in [0.05, 0.1) is 13.6 Å². The molecular formula is C32H59AlF5N. The molecule has 2 atom stereocenters. The maximum absolute atomic E-state index is 13.7. The maximum atomic E-state index is 13.7. The zero-order valence-corrected chi connectivity index (χ0v) is 27.4. The maximum Gasteiger partial charge on any atom is 0.225 e. The summed E-state index contributed by atoms with van der Waals surface area (Å²) in [6, 6.07) is 0. The summed E-state index contributed by atoms with van der Waals surface area (Å²) in [5.74, 6) is -8.96. The Balaban J connectivity index is 0.000000768. The first-order chi connectivity index (χ1) is 18.6. The number of hydrogen-bond donors (Lipinski definition) is 1. The van der Waals surface area contributed by atoms with Gasteiger partial charge in [0.1, 0.15) is 13.1 Å². The van der Waals surface area contributed by atoms with Crippen LogP contribution in [-0.4, -0.2) is 26.7 Å². The number of halogens is 5. The lowest BCUT2D eigenvalue weighted by atomic mass is 9.95. The van der Waals surface area contributed by atoms with Crippen molar-refractivity contribution in [2.75, 3.05) is 13.6 Å². The lowest BCUT2D eigenvalue weighted by Gasteiger charge is -2.36. The second kappa shape index (κ2) is 22.0. The summed E-state index contributed by atoms with van der Waals surface area (Å²) in [5, 5.41) is 6.62. The van der Waals surface area contributed by atoms with Gasteiger partial charge in [0.25, 0.3) is 0 Å². The Morgan fingerprint density at radius 3 is 1.23 bits per heavy atom. The van der Waals surface area contributed by atoms with Crippen molar-refractivity contribution >= 4 is 18.8 Å². The van der Waals surface area contributed by atoms with Crippen molar-refractivity contribution in [3.63, 3.8) is 0 Å². The van der Waals surface area contributed by atoms with E-state index in [9.17, 15) is 22.0 Å². The smallest absolute Gasteiger partial charge is 0.225 e. The predicted molar refractivity (Wildman–Crippen MR) is 160 cm³/mol. The number of unbranched alkanes of at least 4 members (excludes halogenated alkanes) is 5. The highest BCUT2D eigenvalue weighted by Gasteiger charge is 2.31. The molecule has 230 valence electrons. The average Bonchev–Trinajstić information content (AvgIpc) is 2.94. The third-order valence-corrected chi connectivity index (χ3v) is 15.3. The monoisotopic (exact) mass is 579 g/mol. The average molecular weight is 580 g/mol. The van der Waals surface area contributed by atoms with Crippen LogP contribution >= 0.6 is 0 Å². The molecule has 1 aromatic rings. The van der Waals surface area contributed by atoms with Gasteiger partial charge in [0.2, 0.25) is 34.8 Å². The molecule has 1 rings (SSSR count). The lowest BCUT2D eigenvalue weighted by Crippen LogP contribution is -3.04. The molecule has 0 aliphatic carbocycles. The second-order valence-corrected chi connectivity index (χ2v) is 17.8. The predicted octanol–water partition coefficient (Wildman–Crippen LogP) is 10.8. The lowest BCUT2D eigenvalue weighted by molar-refractivity contribution is -0.813. The minimum absolute atomic E-state index is 0.197. The van der Waals surface area contributed by atoms with E-state index in [0.717, 1.165) is 25.7 Å². The molecule has 1 nitrogen and oxygen atoms in total. The number of rotatable bonds is 20. The number of nitrogens with one attached hydrogen (secondary N) is 1. The van der Waals surface area contributed by atoms with Gasteiger partial charge in [0.15, 0.2) is 0 Å². The molecule has 0 aliphatic heterocycles. The van der Waals surface area contributed by atoms with E-state index in [2.05, 4.69) is 34.6 Å². The number of quaternary nitrogens is 1. The van der Waals surface area contributed by atoms with Crippen LogP contribution < -0.4 is 4.90 Å². The fraction of sp³-hybridized carbons (Fsp3) is 0.812. The van der Waals surface area contributed by atoms with Crippen LogP contribution in [0.4, 0.5) is 27.6 Å². The van der Waals surface area contributed by atoms with Crippen LogP contribution in [-0.2, 0) is 0 Å². The molecule has 1 aromatic carbocycles. The van der Waals surface area contributed by atoms with Crippen LogP contribution in [0.3, 0.4) is 0 Å². The summed E-state index contributed by atoms with van der Waals surface area (Å²) >= 11 is -1.20. The summed E-state index contributed by atoms with van der Waals surface area (Å²) in [4.78, 5) is 0.197. The van der Waals surface area contributed by atoms with Crippen molar-refractivity contribution in [2.45, 2.75) is 146 Å². The molecular weight excluding hydrogens is 520 g/mol. The van der Waals surface area contributed by atoms with Crippen molar-refractivity contribution in [3.05, 3.63) is 29.1 Å². The zero-order chi connectivity index (χ0) is 29.8. The summed E-state index contributed by atoms with van der Waals surface area (Å²) in [5.41, 5.74) is -0.776. The topological polar surface area (TPSA) is 4.44 Å². The Labute approximate surface area is 240 Å². The molecule has 39 heavy (non-hydrogen) atoms. The Morgan fingerprint density at radius 1 is 0.538 bits per heavy atom. The largest absolute Gasteiger partial charge is 0.300 e. The van der Waals surface area contributed by atoms with E-state index in [1.54, 1.807) is 21.1 Å². The normalized spacial score (nSPS) is 13.2. The van der Waals surface area contributed by atoms with Crippen LogP contribution in [0.5, 0.6) is 0 Å². The molecule has 7 heteroatoms. The first-order valence-corrected chi connectivity index (χ1v) is 19.4. The third-order valence-electron chi connectivity index (χ3n) is 8.79. The van der Waals surface area contributed by atoms with Gasteiger partial charge < -0.3 is 0 Å². The Hall–Kier alpha value is -0.638. The molecule has 0 spiro atoms. The molecule has 0 aromatic heterocycles. The van der Waals surface area contributed by atoms with Crippen LogP contribution in [0.1, 0.15) is 125 Å². The van der Waals surface area contributed by atoms with Gasteiger partial charge in [-0.15, -0.1) is 0 Å². The molecule has 0 bridgehead atoms. The van der Waals surface area contributed by atoms with Crippen molar-refractivity contribution in [2.24, 2.45) is 5.92 Å². The van der Waals surface area contributed by atoms with Gasteiger partial charge in [-0.1, -0.05) is 119 Å². The highest BCUT2D eigenvalue weighted by atomic mass is 27.2. The minimum Gasteiger partial charge on any atom is -0.300 e. The highest BCUT2D eigenvalue weighted by molar-refractivity contribution is 6.79. The van der Waals surface area contributed by atoms with Crippen LogP contribution in [0.2, 0.25) is 21.1 Å². The van der Waals surface area contributed by atoms with Crippen molar-refractivity contribution < 1.29 is 26.9 Å². The van der Waals surface area contributed by atoms with Gasteiger partial charge in [-0.05, 0) is 12.3 Å². The van der Waals surface area contributed by atoms with Gasteiger partial charge in [-0.2, -0.15) is 29.9 Å².